The lowest BCUT2D eigenvalue weighted by atomic mass is 10.2. The maximum absolute atomic E-state index is 12.0. The van der Waals surface area contributed by atoms with Crippen LogP contribution >= 0.6 is 11.8 Å². The predicted octanol–water partition coefficient (Wildman–Crippen LogP) is 3.81. The first-order chi connectivity index (χ1) is 13.1. The Hall–Kier alpha value is -2.67. The van der Waals surface area contributed by atoms with Gasteiger partial charge in [-0.15, -0.1) is 0 Å². The van der Waals surface area contributed by atoms with Crippen LogP contribution in [0.25, 0.3) is 5.69 Å². The lowest BCUT2D eigenvalue weighted by Gasteiger charge is -2.08. The molecule has 0 saturated heterocycles. The second-order valence-electron chi connectivity index (χ2n) is 6.14. The summed E-state index contributed by atoms with van der Waals surface area (Å²) >= 11 is 1.72. The number of nitrogens with one attached hydrogen (secondary N) is 2. The van der Waals surface area contributed by atoms with Crippen LogP contribution in [0.4, 0.5) is 4.79 Å². The third-order valence-electron chi connectivity index (χ3n) is 4.22. The van der Waals surface area contributed by atoms with E-state index in [4.69, 9.17) is 4.42 Å². The Morgan fingerprint density at radius 1 is 1.15 bits per heavy atom. The number of hydrogen-bond acceptors (Lipinski definition) is 4. The first-order valence-corrected chi connectivity index (χ1v) is 10.0. The summed E-state index contributed by atoms with van der Waals surface area (Å²) in [5.74, 6) is 2.59. The molecule has 2 aromatic heterocycles. The van der Waals surface area contributed by atoms with E-state index in [1.54, 1.807) is 18.0 Å². The summed E-state index contributed by atoms with van der Waals surface area (Å²) in [4.78, 5) is 12.0. The number of carbonyl (C=O) groups excluding carboxylic acids is 1. The van der Waals surface area contributed by atoms with Crippen molar-refractivity contribution in [2.45, 2.75) is 26.1 Å². The lowest BCUT2D eigenvalue weighted by molar-refractivity contribution is 0.241. The number of thioether (sulfide) groups is 1. The third kappa shape index (κ3) is 5.17. The fourth-order valence-electron chi connectivity index (χ4n) is 2.79. The van der Waals surface area contributed by atoms with Gasteiger partial charge in [-0.25, -0.2) is 9.48 Å². The van der Waals surface area contributed by atoms with Gasteiger partial charge in [0.1, 0.15) is 5.76 Å². The monoisotopic (exact) mass is 384 g/mol. The van der Waals surface area contributed by atoms with E-state index in [1.165, 1.54) is 0 Å². The molecule has 0 fully saturated rings. The van der Waals surface area contributed by atoms with Crippen molar-refractivity contribution in [2.24, 2.45) is 0 Å². The van der Waals surface area contributed by atoms with Crippen molar-refractivity contribution in [2.75, 3.05) is 12.3 Å². The number of carbonyl (C=O) groups is 1. The summed E-state index contributed by atoms with van der Waals surface area (Å²) in [5, 5.41) is 10.4. The number of benzene rings is 1. The van der Waals surface area contributed by atoms with Gasteiger partial charge in [-0.05, 0) is 38.1 Å². The van der Waals surface area contributed by atoms with Crippen molar-refractivity contribution in [3.8, 4) is 5.69 Å². The van der Waals surface area contributed by atoms with Gasteiger partial charge >= 0.3 is 6.03 Å². The van der Waals surface area contributed by atoms with Gasteiger partial charge in [-0.1, -0.05) is 18.2 Å². The van der Waals surface area contributed by atoms with E-state index in [9.17, 15) is 4.79 Å². The molecular formula is C20H24N4O2S. The Morgan fingerprint density at radius 3 is 2.70 bits per heavy atom. The van der Waals surface area contributed by atoms with Gasteiger partial charge in [0.05, 0.1) is 23.4 Å². The number of hydrogen-bond donors (Lipinski definition) is 2. The standard InChI is InChI=1S/C20H24N4O2S/c1-15-19(16(2)24(23-15)17-7-4-3-5-8-17)13-22-20(25)21-10-12-27-14-18-9-6-11-26-18/h3-9,11H,10,12-14H2,1-2H3,(H2,21,22,25). The van der Waals surface area contributed by atoms with E-state index in [-0.39, 0.29) is 6.03 Å². The van der Waals surface area contributed by atoms with Crippen LogP contribution in [0.2, 0.25) is 0 Å². The van der Waals surface area contributed by atoms with Crippen LogP contribution in [0.1, 0.15) is 22.7 Å². The van der Waals surface area contributed by atoms with Crippen LogP contribution in [0.3, 0.4) is 0 Å². The molecule has 3 aromatic rings. The molecule has 0 atom stereocenters. The molecule has 2 N–H and O–H groups in total. The van der Waals surface area contributed by atoms with Crippen LogP contribution in [-0.4, -0.2) is 28.1 Å². The molecule has 6 nitrogen and oxygen atoms in total. The molecule has 0 aliphatic carbocycles. The van der Waals surface area contributed by atoms with E-state index < -0.39 is 0 Å². The number of aryl methyl sites for hydroxylation is 1. The Kier molecular flexibility index (Phi) is 6.59. The fraction of sp³-hybridized carbons (Fsp3) is 0.300. The average Bonchev–Trinajstić information content (AvgIpc) is 3.29. The van der Waals surface area contributed by atoms with Crippen molar-refractivity contribution in [3.05, 3.63) is 71.4 Å². The van der Waals surface area contributed by atoms with Gasteiger partial charge in [0.25, 0.3) is 0 Å². The van der Waals surface area contributed by atoms with Crippen LogP contribution in [0, 0.1) is 13.8 Å². The van der Waals surface area contributed by atoms with Crippen LogP contribution < -0.4 is 10.6 Å². The maximum Gasteiger partial charge on any atom is 0.315 e. The van der Waals surface area contributed by atoms with Crippen LogP contribution in [-0.2, 0) is 12.3 Å². The summed E-state index contributed by atoms with van der Waals surface area (Å²) in [7, 11) is 0. The minimum absolute atomic E-state index is 0.167. The molecule has 0 aliphatic rings. The largest absolute Gasteiger partial charge is 0.468 e. The molecule has 2 amide bonds. The zero-order valence-corrected chi connectivity index (χ0v) is 16.4. The first-order valence-electron chi connectivity index (χ1n) is 8.87. The zero-order valence-electron chi connectivity index (χ0n) is 15.6. The molecule has 1 aromatic carbocycles. The number of para-hydroxylation sites is 1. The predicted molar refractivity (Wildman–Crippen MR) is 108 cm³/mol. The van der Waals surface area contributed by atoms with E-state index in [0.29, 0.717) is 13.1 Å². The van der Waals surface area contributed by atoms with Gasteiger partial charge < -0.3 is 15.1 Å². The smallest absolute Gasteiger partial charge is 0.315 e. The summed E-state index contributed by atoms with van der Waals surface area (Å²) < 4.78 is 7.19. The minimum atomic E-state index is -0.167. The van der Waals surface area contributed by atoms with Crippen molar-refractivity contribution >= 4 is 17.8 Å². The summed E-state index contributed by atoms with van der Waals surface area (Å²) in [5.41, 5.74) is 4.02. The Balaban J connectivity index is 1.44. The maximum atomic E-state index is 12.0. The number of rotatable bonds is 8. The first kappa shape index (κ1) is 19.1. The highest BCUT2D eigenvalue weighted by Gasteiger charge is 2.13. The van der Waals surface area contributed by atoms with Gasteiger partial charge in [0, 0.05) is 30.1 Å². The van der Waals surface area contributed by atoms with Crippen LogP contribution in [0.15, 0.2) is 53.1 Å². The second kappa shape index (κ2) is 9.32. The molecule has 142 valence electrons. The zero-order chi connectivity index (χ0) is 19.1. The molecule has 0 spiro atoms. The fourth-order valence-corrected chi connectivity index (χ4v) is 3.54. The molecule has 3 rings (SSSR count). The molecular weight excluding hydrogens is 360 g/mol. The molecule has 0 aliphatic heterocycles. The van der Waals surface area contributed by atoms with E-state index in [1.807, 2.05) is 61.0 Å². The van der Waals surface area contributed by atoms with Crippen molar-refractivity contribution in [3.63, 3.8) is 0 Å². The number of aromatic nitrogens is 2. The summed E-state index contributed by atoms with van der Waals surface area (Å²) in [6.45, 7) is 5.05. The molecule has 0 unspecified atom stereocenters. The van der Waals surface area contributed by atoms with Gasteiger partial charge in [-0.3, -0.25) is 0 Å². The topological polar surface area (TPSA) is 72.1 Å². The molecule has 7 heteroatoms. The number of amides is 2. The number of furan rings is 1. The summed E-state index contributed by atoms with van der Waals surface area (Å²) in [6, 6.07) is 13.7. The minimum Gasteiger partial charge on any atom is -0.468 e. The highest BCUT2D eigenvalue weighted by Crippen LogP contribution is 2.17. The molecule has 27 heavy (non-hydrogen) atoms. The third-order valence-corrected chi connectivity index (χ3v) is 5.21. The number of urea groups is 1. The SMILES string of the molecule is Cc1nn(-c2ccccc2)c(C)c1CNC(=O)NCCSCc1ccco1. The molecule has 2 heterocycles. The van der Waals surface area contributed by atoms with Gasteiger partial charge in [-0.2, -0.15) is 16.9 Å². The molecule has 0 saturated carbocycles. The van der Waals surface area contributed by atoms with E-state index in [0.717, 1.165) is 39.9 Å². The van der Waals surface area contributed by atoms with E-state index in [2.05, 4.69) is 15.7 Å². The Bertz CT molecular complexity index is 860. The van der Waals surface area contributed by atoms with Crippen molar-refractivity contribution < 1.29 is 9.21 Å². The second-order valence-corrected chi connectivity index (χ2v) is 7.24. The highest BCUT2D eigenvalue weighted by molar-refractivity contribution is 7.98. The van der Waals surface area contributed by atoms with Crippen molar-refractivity contribution in [1.29, 1.82) is 0 Å². The number of nitrogens with zero attached hydrogens (tertiary/aromatic N) is 2. The van der Waals surface area contributed by atoms with Gasteiger partial charge in [0.15, 0.2) is 0 Å². The lowest BCUT2D eigenvalue weighted by Crippen LogP contribution is -2.36. The summed E-state index contributed by atoms with van der Waals surface area (Å²) in [6.07, 6.45) is 1.67. The Morgan fingerprint density at radius 2 is 1.96 bits per heavy atom. The Labute approximate surface area is 163 Å². The van der Waals surface area contributed by atoms with Gasteiger partial charge in [0.2, 0.25) is 0 Å². The van der Waals surface area contributed by atoms with Crippen molar-refractivity contribution in [1.82, 2.24) is 20.4 Å². The molecule has 0 radical (unpaired) electrons. The van der Waals surface area contributed by atoms with Crippen LogP contribution in [0.5, 0.6) is 0 Å². The molecule has 0 bridgehead atoms. The average molecular weight is 385 g/mol. The highest BCUT2D eigenvalue weighted by atomic mass is 32.2. The quantitative estimate of drug-likeness (QED) is 0.579. The van der Waals surface area contributed by atoms with E-state index >= 15 is 0 Å². The normalized spacial score (nSPS) is 10.7.